The van der Waals surface area contributed by atoms with Crippen LogP contribution >= 0.6 is 12.6 Å². The van der Waals surface area contributed by atoms with E-state index in [4.69, 9.17) is 4.74 Å². The first-order chi connectivity index (χ1) is 6.26. The molecule has 1 rings (SSSR count). The zero-order valence-corrected chi connectivity index (χ0v) is 9.05. The van der Waals surface area contributed by atoms with Crippen molar-refractivity contribution in [3.8, 4) is 5.75 Å². The molecule has 1 unspecified atom stereocenters. The molecule has 0 N–H and O–H groups in total. The fourth-order valence-corrected chi connectivity index (χ4v) is 1.40. The molecule has 1 atom stereocenters. The fraction of sp³-hybridized carbons (Fsp3) is 0.455. The molecule has 2 heteroatoms. The summed E-state index contributed by atoms with van der Waals surface area (Å²) in [5.41, 5.74) is 1.32. The minimum absolute atomic E-state index is 0.621. The van der Waals surface area contributed by atoms with Gasteiger partial charge >= 0.3 is 0 Å². The minimum atomic E-state index is 0.621. The second-order valence-corrected chi connectivity index (χ2v) is 3.71. The maximum atomic E-state index is 5.15. The van der Waals surface area contributed by atoms with Gasteiger partial charge < -0.3 is 4.74 Å². The standard InChI is InChI=1S/C11H16OS/c1-9(8-13)6-10-4-3-5-11(7-10)12-2/h3-5,7,9,13H,6,8H2,1-2H3. The van der Waals surface area contributed by atoms with Crippen LogP contribution in [0.25, 0.3) is 0 Å². The van der Waals surface area contributed by atoms with Gasteiger partial charge in [0.15, 0.2) is 0 Å². The van der Waals surface area contributed by atoms with Crippen LogP contribution in [0.5, 0.6) is 5.75 Å². The number of ether oxygens (including phenoxy) is 1. The highest BCUT2D eigenvalue weighted by molar-refractivity contribution is 7.80. The number of hydrogen-bond acceptors (Lipinski definition) is 2. The molecule has 1 aromatic carbocycles. The van der Waals surface area contributed by atoms with Gasteiger partial charge in [0.1, 0.15) is 5.75 Å². The Labute approximate surface area is 85.5 Å². The largest absolute Gasteiger partial charge is 0.497 e. The van der Waals surface area contributed by atoms with Gasteiger partial charge in [-0.3, -0.25) is 0 Å². The highest BCUT2D eigenvalue weighted by atomic mass is 32.1. The normalized spacial score (nSPS) is 12.5. The molecule has 0 saturated carbocycles. The Morgan fingerprint density at radius 1 is 1.46 bits per heavy atom. The zero-order chi connectivity index (χ0) is 9.68. The molecule has 0 aliphatic carbocycles. The van der Waals surface area contributed by atoms with Gasteiger partial charge in [0.2, 0.25) is 0 Å². The van der Waals surface area contributed by atoms with Gasteiger partial charge in [0, 0.05) is 0 Å². The van der Waals surface area contributed by atoms with E-state index in [9.17, 15) is 0 Å². The number of benzene rings is 1. The van der Waals surface area contributed by atoms with Crippen molar-refractivity contribution in [2.24, 2.45) is 5.92 Å². The Kier molecular flexibility index (Phi) is 4.16. The van der Waals surface area contributed by atoms with Crippen molar-refractivity contribution < 1.29 is 4.74 Å². The lowest BCUT2D eigenvalue weighted by molar-refractivity contribution is 0.414. The third-order valence-corrected chi connectivity index (χ3v) is 2.65. The summed E-state index contributed by atoms with van der Waals surface area (Å²) >= 11 is 4.26. The van der Waals surface area contributed by atoms with Crippen LogP contribution in [-0.2, 0) is 6.42 Å². The van der Waals surface area contributed by atoms with E-state index in [1.807, 2.05) is 12.1 Å². The van der Waals surface area contributed by atoms with Crippen LogP contribution < -0.4 is 4.74 Å². The lowest BCUT2D eigenvalue weighted by Gasteiger charge is -2.08. The summed E-state index contributed by atoms with van der Waals surface area (Å²) in [6, 6.07) is 8.21. The maximum Gasteiger partial charge on any atom is 0.119 e. The molecule has 0 aliphatic rings. The average molecular weight is 196 g/mol. The van der Waals surface area contributed by atoms with Gasteiger partial charge in [-0.1, -0.05) is 19.1 Å². The van der Waals surface area contributed by atoms with E-state index >= 15 is 0 Å². The minimum Gasteiger partial charge on any atom is -0.497 e. The van der Waals surface area contributed by atoms with Gasteiger partial charge in [-0.2, -0.15) is 12.6 Å². The predicted molar refractivity (Wildman–Crippen MR) is 59.7 cm³/mol. The second-order valence-electron chi connectivity index (χ2n) is 3.34. The average Bonchev–Trinajstić information content (AvgIpc) is 2.18. The third-order valence-electron chi connectivity index (χ3n) is 2.03. The summed E-state index contributed by atoms with van der Waals surface area (Å²) < 4.78 is 5.15. The van der Waals surface area contributed by atoms with E-state index < -0.39 is 0 Å². The van der Waals surface area contributed by atoms with Crippen molar-refractivity contribution in [3.05, 3.63) is 29.8 Å². The molecule has 0 heterocycles. The van der Waals surface area contributed by atoms with Crippen molar-refractivity contribution >= 4 is 12.6 Å². The Hall–Kier alpha value is -0.630. The maximum absolute atomic E-state index is 5.15. The van der Waals surface area contributed by atoms with E-state index in [0.29, 0.717) is 5.92 Å². The molecule has 0 fully saturated rings. The Morgan fingerprint density at radius 3 is 2.85 bits per heavy atom. The van der Waals surface area contributed by atoms with Gasteiger partial charge in [-0.05, 0) is 35.8 Å². The molecule has 13 heavy (non-hydrogen) atoms. The molecular formula is C11H16OS. The molecular weight excluding hydrogens is 180 g/mol. The molecule has 0 bridgehead atoms. The van der Waals surface area contributed by atoms with Crippen LogP contribution in [0.15, 0.2) is 24.3 Å². The number of hydrogen-bond donors (Lipinski definition) is 1. The molecule has 0 aliphatic heterocycles. The summed E-state index contributed by atoms with van der Waals surface area (Å²) in [6.07, 6.45) is 1.07. The van der Waals surface area contributed by atoms with Crippen molar-refractivity contribution in [1.29, 1.82) is 0 Å². The molecule has 72 valence electrons. The SMILES string of the molecule is COc1cccc(CC(C)CS)c1. The summed E-state index contributed by atoms with van der Waals surface area (Å²) in [7, 11) is 1.70. The molecule has 0 amide bonds. The summed E-state index contributed by atoms with van der Waals surface area (Å²) in [6.45, 7) is 2.20. The van der Waals surface area contributed by atoms with E-state index in [2.05, 4.69) is 31.7 Å². The van der Waals surface area contributed by atoms with E-state index in [1.54, 1.807) is 7.11 Å². The highest BCUT2D eigenvalue weighted by Gasteiger charge is 2.01. The van der Waals surface area contributed by atoms with Crippen molar-refractivity contribution in [3.63, 3.8) is 0 Å². The Morgan fingerprint density at radius 2 is 2.23 bits per heavy atom. The summed E-state index contributed by atoms with van der Waals surface area (Å²) in [5.74, 6) is 2.48. The summed E-state index contributed by atoms with van der Waals surface area (Å²) in [4.78, 5) is 0. The topological polar surface area (TPSA) is 9.23 Å². The van der Waals surface area contributed by atoms with Crippen LogP contribution in [0, 0.1) is 5.92 Å². The number of rotatable bonds is 4. The van der Waals surface area contributed by atoms with Crippen LogP contribution in [-0.4, -0.2) is 12.9 Å². The summed E-state index contributed by atoms with van der Waals surface area (Å²) in [5, 5.41) is 0. The number of methoxy groups -OCH3 is 1. The first-order valence-corrected chi connectivity index (χ1v) is 5.13. The highest BCUT2D eigenvalue weighted by Crippen LogP contribution is 2.16. The van der Waals surface area contributed by atoms with Gasteiger partial charge in [-0.25, -0.2) is 0 Å². The zero-order valence-electron chi connectivity index (χ0n) is 8.16. The van der Waals surface area contributed by atoms with Crippen LogP contribution in [0.1, 0.15) is 12.5 Å². The number of thiol groups is 1. The van der Waals surface area contributed by atoms with Gasteiger partial charge in [-0.15, -0.1) is 0 Å². The van der Waals surface area contributed by atoms with Crippen LogP contribution in [0.3, 0.4) is 0 Å². The molecule has 0 spiro atoms. The van der Waals surface area contributed by atoms with E-state index in [1.165, 1.54) is 5.56 Å². The fourth-order valence-electron chi connectivity index (χ4n) is 1.27. The first-order valence-electron chi connectivity index (χ1n) is 4.50. The van der Waals surface area contributed by atoms with Crippen molar-refractivity contribution in [2.75, 3.05) is 12.9 Å². The smallest absolute Gasteiger partial charge is 0.119 e. The molecule has 0 saturated heterocycles. The lowest BCUT2D eigenvalue weighted by Crippen LogP contribution is -2.00. The van der Waals surface area contributed by atoms with Crippen molar-refractivity contribution in [2.45, 2.75) is 13.3 Å². The van der Waals surface area contributed by atoms with Gasteiger partial charge in [0.05, 0.1) is 7.11 Å². The molecule has 1 nitrogen and oxygen atoms in total. The molecule has 1 aromatic rings. The second kappa shape index (κ2) is 5.18. The Balaban J connectivity index is 2.66. The third kappa shape index (κ3) is 3.31. The van der Waals surface area contributed by atoms with Crippen molar-refractivity contribution in [1.82, 2.24) is 0 Å². The Bertz CT molecular complexity index is 260. The first kappa shape index (κ1) is 10.5. The lowest BCUT2D eigenvalue weighted by atomic mass is 10.0. The quantitative estimate of drug-likeness (QED) is 0.729. The van der Waals surface area contributed by atoms with E-state index in [0.717, 1.165) is 17.9 Å². The monoisotopic (exact) mass is 196 g/mol. The predicted octanol–water partition coefficient (Wildman–Crippen LogP) is 2.80. The van der Waals surface area contributed by atoms with Gasteiger partial charge in [0.25, 0.3) is 0 Å². The molecule has 0 aromatic heterocycles. The van der Waals surface area contributed by atoms with Crippen LogP contribution in [0.2, 0.25) is 0 Å². The van der Waals surface area contributed by atoms with E-state index in [-0.39, 0.29) is 0 Å². The van der Waals surface area contributed by atoms with Crippen LogP contribution in [0.4, 0.5) is 0 Å². The molecule has 0 radical (unpaired) electrons.